The molecule has 0 bridgehead atoms. The average molecular weight is 301 g/mol. The van der Waals surface area contributed by atoms with E-state index < -0.39 is 9.84 Å². The molecule has 0 aliphatic rings. The minimum Gasteiger partial charge on any atom is -0.497 e. The number of benzene rings is 1. The van der Waals surface area contributed by atoms with Gasteiger partial charge in [-0.05, 0) is 43.5 Å². The Morgan fingerprint density at radius 3 is 2.60 bits per heavy atom. The van der Waals surface area contributed by atoms with Crippen LogP contribution in [0.5, 0.6) is 11.5 Å². The molecule has 2 N–H and O–H groups in total. The summed E-state index contributed by atoms with van der Waals surface area (Å²) in [5, 5.41) is 0. The van der Waals surface area contributed by atoms with E-state index in [9.17, 15) is 8.42 Å². The summed E-state index contributed by atoms with van der Waals surface area (Å²) < 4.78 is 32.9. The van der Waals surface area contributed by atoms with Gasteiger partial charge >= 0.3 is 0 Å². The summed E-state index contributed by atoms with van der Waals surface area (Å²) in [6, 6.07) is 5.56. The number of hydrogen-bond acceptors (Lipinski definition) is 5. The van der Waals surface area contributed by atoms with Gasteiger partial charge in [-0.15, -0.1) is 0 Å². The normalized spacial score (nSPS) is 13.0. The maximum absolute atomic E-state index is 11.0. The third-order valence-corrected chi connectivity index (χ3v) is 3.76. The number of methoxy groups -OCH3 is 1. The van der Waals surface area contributed by atoms with Crippen LogP contribution in [0.25, 0.3) is 0 Å². The molecule has 1 aromatic rings. The smallest absolute Gasteiger partial charge is 0.147 e. The van der Waals surface area contributed by atoms with Crippen LogP contribution in [0.4, 0.5) is 0 Å². The maximum Gasteiger partial charge on any atom is 0.147 e. The van der Waals surface area contributed by atoms with Crippen LogP contribution in [0.1, 0.15) is 18.9 Å². The SMILES string of the molecule is COc1ccc(OCCCS(C)(=O)=O)c(CC(C)N)c1. The van der Waals surface area contributed by atoms with Crippen molar-refractivity contribution in [1.29, 1.82) is 0 Å². The van der Waals surface area contributed by atoms with Crippen molar-refractivity contribution < 1.29 is 17.9 Å². The highest BCUT2D eigenvalue weighted by atomic mass is 32.2. The predicted molar refractivity (Wildman–Crippen MR) is 80.2 cm³/mol. The molecule has 1 rings (SSSR count). The van der Waals surface area contributed by atoms with Crippen molar-refractivity contribution in [3.05, 3.63) is 23.8 Å². The van der Waals surface area contributed by atoms with E-state index in [4.69, 9.17) is 15.2 Å². The molecule has 20 heavy (non-hydrogen) atoms. The molecule has 114 valence electrons. The van der Waals surface area contributed by atoms with Gasteiger partial charge in [0, 0.05) is 12.3 Å². The second-order valence-corrected chi connectivity index (χ2v) is 7.25. The fourth-order valence-electron chi connectivity index (χ4n) is 1.83. The number of ether oxygens (including phenoxy) is 2. The van der Waals surface area contributed by atoms with Crippen LogP contribution in [-0.2, 0) is 16.3 Å². The van der Waals surface area contributed by atoms with Crippen molar-refractivity contribution >= 4 is 9.84 Å². The Balaban J connectivity index is 2.68. The van der Waals surface area contributed by atoms with Crippen LogP contribution in [0.2, 0.25) is 0 Å². The predicted octanol–water partition coefficient (Wildman–Crippen LogP) is 1.40. The van der Waals surface area contributed by atoms with Gasteiger partial charge in [0.1, 0.15) is 21.3 Å². The third-order valence-electron chi connectivity index (χ3n) is 2.73. The Kier molecular flexibility index (Phi) is 6.29. The van der Waals surface area contributed by atoms with Crippen molar-refractivity contribution in [2.24, 2.45) is 5.73 Å². The second kappa shape index (κ2) is 7.50. The molecule has 0 amide bonds. The highest BCUT2D eigenvalue weighted by molar-refractivity contribution is 7.90. The lowest BCUT2D eigenvalue weighted by atomic mass is 10.1. The summed E-state index contributed by atoms with van der Waals surface area (Å²) in [6.45, 7) is 2.29. The van der Waals surface area contributed by atoms with E-state index in [1.54, 1.807) is 7.11 Å². The summed E-state index contributed by atoms with van der Waals surface area (Å²) >= 11 is 0. The van der Waals surface area contributed by atoms with Crippen molar-refractivity contribution in [3.8, 4) is 11.5 Å². The monoisotopic (exact) mass is 301 g/mol. The van der Waals surface area contributed by atoms with Crippen LogP contribution < -0.4 is 15.2 Å². The Morgan fingerprint density at radius 1 is 1.35 bits per heavy atom. The Bertz CT molecular complexity index is 526. The maximum atomic E-state index is 11.0. The molecule has 0 aromatic heterocycles. The lowest BCUT2D eigenvalue weighted by Crippen LogP contribution is -2.18. The minimum absolute atomic E-state index is 0.0143. The first kappa shape index (κ1) is 16.8. The zero-order chi connectivity index (χ0) is 15.2. The molecule has 0 aliphatic carbocycles. The molecule has 0 fully saturated rings. The summed E-state index contributed by atoms with van der Waals surface area (Å²) in [7, 11) is -1.33. The van der Waals surface area contributed by atoms with Crippen LogP contribution in [-0.4, -0.2) is 40.2 Å². The van der Waals surface area contributed by atoms with Crippen LogP contribution in [0.3, 0.4) is 0 Å². The summed E-state index contributed by atoms with van der Waals surface area (Å²) in [6.07, 6.45) is 2.38. The second-order valence-electron chi connectivity index (χ2n) is 4.99. The van der Waals surface area contributed by atoms with E-state index in [-0.39, 0.29) is 11.8 Å². The van der Waals surface area contributed by atoms with E-state index in [0.29, 0.717) is 19.4 Å². The van der Waals surface area contributed by atoms with E-state index >= 15 is 0 Å². The zero-order valence-electron chi connectivity index (χ0n) is 12.3. The Labute approximate surface area is 121 Å². The highest BCUT2D eigenvalue weighted by Crippen LogP contribution is 2.25. The van der Waals surface area contributed by atoms with Crippen LogP contribution in [0.15, 0.2) is 18.2 Å². The van der Waals surface area contributed by atoms with Gasteiger partial charge in [-0.2, -0.15) is 0 Å². The minimum atomic E-state index is -2.94. The van der Waals surface area contributed by atoms with E-state index in [1.165, 1.54) is 6.26 Å². The average Bonchev–Trinajstić information content (AvgIpc) is 2.34. The Hall–Kier alpha value is -1.27. The van der Waals surface area contributed by atoms with E-state index in [1.807, 2.05) is 25.1 Å². The van der Waals surface area contributed by atoms with Gasteiger partial charge in [0.25, 0.3) is 0 Å². The number of nitrogens with two attached hydrogens (primary N) is 1. The van der Waals surface area contributed by atoms with Crippen LogP contribution in [0, 0.1) is 0 Å². The molecule has 0 spiro atoms. The summed E-state index contributed by atoms with van der Waals surface area (Å²) in [5.41, 5.74) is 6.79. The largest absolute Gasteiger partial charge is 0.497 e. The van der Waals surface area contributed by atoms with Crippen molar-refractivity contribution in [2.45, 2.75) is 25.8 Å². The fourth-order valence-corrected chi connectivity index (χ4v) is 2.48. The van der Waals surface area contributed by atoms with Crippen molar-refractivity contribution in [1.82, 2.24) is 0 Å². The molecule has 0 saturated heterocycles. The van der Waals surface area contributed by atoms with Gasteiger partial charge in [0.15, 0.2) is 0 Å². The molecule has 1 aromatic carbocycles. The topological polar surface area (TPSA) is 78.6 Å². The standard InChI is InChI=1S/C14H23NO4S/c1-11(15)9-12-10-13(18-2)5-6-14(12)19-7-4-8-20(3,16)17/h5-6,10-11H,4,7-9,15H2,1-3H3. The van der Waals surface area contributed by atoms with E-state index in [2.05, 4.69) is 0 Å². The van der Waals surface area contributed by atoms with Crippen molar-refractivity contribution in [2.75, 3.05) is 25.7 Å². The van der Waals surface area contributed by atoms with E-state index in [0.717, 1.165) is 17.1 Å². The third kappa shape index (κ3) is 6.25. The molecular weight excluding hydrogens is 278 g/mol. The summed E-state index contributed by atoms with van der Waals surface area (Å²) in [4.78, 5) is 0. The van der Waals surface area contributed by atoms with Gasteiger partial charge in [0.05, 0.1) is 19.5 Å². The number of rotatable bonds is 8. The quantitative estimate of drug-likeness (QED) is 0.734. The number of hydrogen-bond donors (Lipinski definition) is 1. The molecule has 1 unspecified atom stereocenters. The van der Waals surface area contributed by atoms with Gasteiger partial charge in [-0.3, -0.25) is 0 Å². The van der Waals surface area contributed by atoms with Crippen LogP contribution >= 0.6 is 0 Å². The lowest BCUT2D eigenvalue weighted by Gasteiger charge is -2.14. The van der Waals surface area contributed by atoms with Gasteiger partial charge in [0.2, 0.25) is 0 Å². The van der Waals surface area contributed by atoms with Gasteiger partial charge < -0.3 is 15.2 Å². The first-order valence-corrected chi connectivity index (χ1v) is 8.61. The summed E-state index contributed by atoms with van der Waals surface area (Å²) in [5.74, 6) is 1.62. The van der Waals surface area contributed by atoms with Crippen molar-refractivity contribution in [3.63, 3.8) is 0 Å². The first-order chi connectivity index (χ1) is 9.31. The zero-order valence-corrected chi connectivity index (χ0v) is 13.1. The molecule has 1 atom stereocenters. The first-order valence-electron chi connectivity index (χ1n) is 6.55. The molecule has 0 aliphatic heterocycles. The molecule has 0 radical (unpaired) electrons. The van der Waals surface area contributed by atoms with Gasteiger partial charge in [-0.25, -0.2) is 8.42 Å². The molecule has 6 heteroatoms. The molecular formula is C14H23NO4S. The molecule has 0 saturated carbocycles. The molecule has 0 heterocycles. The highest BCUT2D eigenvalue weighted by Gasteiger charge is 2.09. The lowest BCUT2D eigenvalue weighted by molar-refractivity contribution is 0.313. The number of sulfone groups is 1. The fraction of sp³-hybridized carbons (Fsp3) is 0.571. The Morgan fingerprint density at radius 2 is 2.05 bits per heavy atom. The van der Waals surface area contributed by atoms with Gasteiger partial charge in [-0.1, -0.05) is 0 Å². The molecule has 5 nitrogen and oxygen atoms in total.